The quantitative estimate of drug-likeness (QED) is 0.882. The summed E-state index contributed by atoms with van der Waals surface area (Å²) in [6.45, 7) is 8.57. The number of hydrogen-bond acceptors (Lipinski definition) is 2. The molecule has 0 fully saturated rings. The van der Waals surface area contributed by atoms with E-state index in [2.05, 4.69) is 44.3 Å². The molecule has 0 radical (unpaired) electrons. The molecule has 0 saturated heterocycles. The molecule has 2 aromatic rings. The molecular weight excluding hydrogens is 284 g/mol. The van der Waals surface area contributed by atoms with E-state index in [-0.39, 0.29) is 11.3 Å². The fourth-order valence-corrected chi connectivity index (χ4v) is 2.50. The normalized spacial score (nSPS) is 12.7. The number of carbonyl (C=O) groups is 1. The number of benzene rings is 2. The molecule has 1 amide bonds. The van der Waals surface area contributed by atoms with E-state index in [4.69, 9.17) is 5.73 Å². The molecule has 0 aliphatic carbocycles. The van der Waals surface area contributed by atoms with Gasteiger partial charge in [0.1, 0.15) is 6.04 Å². The first-order chi connectivity index (χ1) is 10.8. The highest BCUT2D eigenvalue weighted by molar-refractivity contribution is 5.83. The Morgan fingerprint density at radius 1 is 1.13 bits per heavy atom. The predicted molar refractivity (Wildman–Crippen MR) is 96.6 cm³/mol. The highest BCUT2D eigenvalue weighted by Crippen LogP contribution is 2.27. The van der Waals surface area contributed by atoms with Crippen LogP contribution < -0.4 is 11.1 Å². The summed E-state index contributed by atoms with van der Waals surface area (Å²) in [5.41, 5.74) is 10.1. The summed E-state index contributed by atoms with van der Waals surface area (Å²) in [5, 5.41) is 3.33. The van der Waals surface area contributed by atoms with E-state index in [1.165, 1.54) is 5.56 Å². The van der Waals surface area contributed by atoms with Crippen molar-refractivity contribution in [1.29, 1.82) is 0 Å². The fourth-order valence-electron chi connectivity index (χ4n) is 2.50. The van der Waals surface area contributed by atoms with Gasteiger partial charge >= 0.3 is 0 Å². The maximum Gasteiger partial charge on any atom is 0.240 e. The van der Waals surface area contributed by atoms with Crippen molar-refractivity contribution in [2.75, 3.05) is 5.32 Å². The monoisotopic (exact) mass is 310 g/mol. The molecule has 0 saturated carbocycles. The SMILES string of the molecule is Cc1ccc(C(C)(C)C)cc1N[C@@H](Cc1ccccc1)C(N)=O. The van der Waals surface area contributed by atoms with Crippen LogP contribution in [0.3, 0.4) is 0 Å². The Labute approximate surface area is 138 Å². The van der Waals surface area contributed by atoms with Crippen LogP contribution in [0.25, 0.3) is 0 Å². The molecule has 2 rings (SSSR count). The molecule has 3 heteroatoms. The molecule has 0 aliphatic rings. The number of rotatable bonds is 5. The molecule has 0 heterocycles. The third-order valence-corrected chi connectivity index (χ3v) is 4.06. The summed E-state index contributed by atoms with van der Waals surface area (Å²) in [7, 11) is 0. The molecule has 3 nitrogen and oxygen atoms in total. The number of nitrogens with one attached hydrogen (secondary N) is 1. The summed E-state index contributed by atoms with van der Waals surface area (Å²) < 4.78 is 0. The second-order valence-corrected chi connectivity index (χ2v) is 7.07. The van der Waals surface area contributed by atoms with Crippen LogP contribution in [0.5, 0.6) is 0 Å². The number of primary amides is 1. The minimum Gasteiger partial charge on any atom is -0.373 e. The van der Waals surface area contributed by atoms with Crippen LogP contribution in [-0.2, 0) is 16.6 Å². The van der Waals surface area contributed by atoms with Crippen molar-refractivity contribution >= 4 is 11.6 Å². The third kappa shape index (κ3) is 4.59. The van der Waals surface area contributed by atoms with Crippen molar-refractivity contribution in [1.82, 2.24) is 0 Å². The maximum absolute atomic E-state index is 11.9. The van der Waals surface area contributed by atoms with Crippen molar-refractivity contribution < 1.29 is 4.79 Å². The smallest absolute Gasteiger partial charge is 0.240 e. The van der Waals surface area contributed by atoms with Crippen LogP contribution in [-0.4, -0.2) is 11.9 Å². The minimum atomic E-state index is -0.425. The van der Waals surface area contributed by atoms with E-state index in [9.17, 15) is 4.79 Å². The van der Waals surface area contributed by atoms with Crippen molar-refractivity contribution in [3.05, 3.63) is 65.2 Å². The second kappa shape index (κ2) is 6.86. The summed E-state index contributed by atoms with van der Waals surface area (Å²) >= 11 is 0. The number of anilines is 1. The van der Waals surface area contributed by atoms with Crippen molar-refractivity contribution in [2.24, 2.45) is 5.73 Å². The summed E-state index contributed by atoms with van der Waals surface area (Å²) in [6, 6.07) is 15.8. The van der Waals surface area contributed by atoms with Crippen LogP contribution in [0.15, 0.2) is 48.5 Å². The Hall–Kier alpha value is -2.29. The van der Waals surface area contributed by atoms with Gasteiger partial charge in [-0.2, -0.15) is 0 Å². The lowest BCUT2D eigenvalue weighted by molar-refractivity contribution is -0.118. The third-order valence-electron chi connectivity index (χ3n) is 4.06. The number of amides is 1. The van der Waals surface area contributed by atoms with E-state index in [1.54, 1.807) is 0 Å². The molecular formula is C20H26N2O. The zero-order valence-electron chi connectivity index (χ0n) is 14.4. The second-order valence-electron chi connectivity index (χ2n) is 7.07. The molecule has 0 spiro atoms. The highest BCUT2D eigenvalue weighted by atomic mass is 16.1. The van der Waals surface area contributed by atoms with Gasteiger partial charge < -0.3 is 11.1 Å². The number of aryl methyl sites for hydroxylation is 1. The van der Waals surface area contributed by atoms with Gasteiger partial charge in [-0.25, -0.2) is 0 Å². The lowest BCUT2D eigenvalue weighted by Gasteiger charge is -2.23. The zero-order valence-corrected chi connectivity index (χ0v) is 14.4. The molecule has 23 heavy (non-hydrogen) atoms. The van der Waals surface area contributed by atoms with Gasteiger partial charge in [0.05, 0.1) is 0 Å². The van der Waals surface area contributed by atoms with Crippen molar-refractivity contribution in [3.8, 4) is 0 Å². The van der Waals surface area contributed by atoms with Gasteiger partial charge in [0.2, 0.25) is 5.91 Å². The van der Waals surface area contributed by atoms with Crippen LogP contribution in [0, 0.1) is 6.92 Å². The summed E-state index contributed by atoms with van der Waals surface area (Å²) in [6.07, 6.45) is 0.579. The van der Waals surface area contributed by atoms with Crippen molar-refractivity contribution in [3.63, 3.8) is 0 Å². The number of nitrogens with two attached hydrogens (primary N) is 1. The van der Waals surface area contributed by atoms with Gasteiger partial charge in [-0.1, -0.05) is 63.2 Å². The molecule has 0 aromatic heterocycles. The number of carbonyl (C=O) groups excluding carboxylic acids is 1. The van der Waals surface area contributed by atoms with Gasteiger partial charge in [-0.05, 0) is 35.1 Å². The summed E-state index contributed by atoms with van der Waals surface area (Å²) in [4.78, 5) is 11.9. The van der Waals surface area contributed by atoms with Gasteiger partial charge in [0.25, 0.3) is 0 Å². The zero-order chi connectivity index (χ0) is 17.0. The van der Waals surface area contributed by atoms with Crippen LogP contribution in [0.2, 0.25) is 0 Å². The van der Waals surface area contributed by atoms with Gasteiger partial charge in [-0.15, -0.1) is 0 Å². The topological polar surface area (TPSA) is 55.1 Å². The first kappa shape index (κ1) is 17.1. The van der Waals surface area contributed by atoms with Crippen molar-refractivity contribution in [2.45, 2.75) is 45.6 Å². The Morgan fingerprint density at radius 3 is 2.35 bits per heavy atom. The molecule has 0 unspecified atom stereocenters. The molecule has 0 bridgehead atoms. The van der Waals surface area contributed by atoms with Gasteiger partial charge in [0.15, 0.2) is 0 Å². The standard InChI is InChI=1S/C20H26N2O/c1-14-10-11-16(20(2,3)4)13-17(14)22-18(19(21)23)12-15-8-6-5-7-9-15/h5-11,13,18,22H,12H2,1-4H3,(H2,21,23)/t18-/m0/s1. The van der Waals surface area contributed by atoms with Gasteiger partial charge in [-0.3, -0.25) is 4.79 Å². The average Bonchev–Trinajstić information content (AvgIpc) is 2.48. The lowest BCUT2D eigenvalue weighted by atomic mass is 9.86. The Kier molecular flexibility index (Phi) is 5.09. The van der Waals surface area contributed by atoms with E-state index >= 15 is 0 Å². The molecule has 122 valence electrons. The first-order valence-corrected chi connectivity index (χ1v) is 7.98. The summed E-state index contributed by atoms with van der Waals surface area (Å²) in [5.74, 6) is -0.339. The average molecular weight is 310 g/mol. The Bertz CT molecular complexity index is 672. The number of hydrogen-bond donors (Lipinski definition) is 2. The fraction of sp³-hybridized carbons (Fsp3) is 0.350. The van der Waals surface area contributed by atoms with E-state index in [0.29, 0.717) is 6.42 Å². The minimum absolute atomic E-state index is 0.0613. The molecule has 0 aliphatic heterocycles. The van der Waals surface area contributed by atoms with Crippen LogP contribution >= 0.6 is 0 Å². The predicted octanol–water partition coefficient (Wildman–Crippen LogP) is 3.80. The van der Waals surface area contributed by atoms with Crippen LogP contribution in [0.4, 0.5) is 5.69 Å². The molecule has 1 atom stereocenters. The largest absolute Gasteiger partial charge is 0.373 e. The highest BCUT2D eigenvalue weighted by Gasteiger charge is 2.19. The lowest BCUT2D eigenvalue weighted by Crippen LogP contribution is -2.37. The van der Waals surface area contributed by atoms with Crippen LogP contribution in [0.1, 0.15) is 37.5 Å². The van der Waals surface area contributed by atoms with E-state index in [0.717, 1.165) is 16.8 Å². The first-order valence-electron chi connectivity index (χ1n) is 7.98. The molecule has 2 aromatic carbocycles. The Balaban J connectivity index is 2.25. The Morgan fingerprint density at radius 2 is 1.78 bits per heavy atom. The van der Waals surface area contributed by atoms with Gasteiger partial charge in [0, 0.05) is 12.1 Å². The molecule has 3 N–H and O–H groups in total. The van der Waals surface area contributed by atoms with E-state index in [1.807, 2.05) is 37.3 Å². The maximum atomic E-state index is 11.9. The van der Waals surface area contributed by atoms with E-state index < -0.39 is 6.04 Å².